The zero-order valence-corrected chi connectivity index (χ0v) is 9.45. The second-order valence-corrected chi connectivity index (χ2v) is 4.52. The van der Waals surface area contributed by atoms with E-state index in [1.165, 1.54) is 23.1 Å². The van der Waals surface area contributed by atoms with Gasteiger partial charge in [-0.25, -0.2) is 9.97 Å². The Morgan fingerprint density at radius 3 is 2.73 bits per heavy atom. The lowest BCUT2D eigenvalue weighted by atomic mass is 10.3. The number of thiophene rings is 1. The summed E-state index contributed by atoms with van der Waals surface area (Å²) in [6.45, 7) is 0. The first-order chi connectivity index (χ1) is 7.17. The highest BCUT2D eigenvalue weighted by molar-refractivity contribution is 7.98. The Labute approximate surface area is 94.1 Å². The summed E-state index contributed by atoms with van der Waals surface area (Å²) in [5.74, 6) is 0.206. The van der Waals surface area contributed by atoms with Gasteiger partial charge in [0.25, 0.3) is 0 Å². The topological polar surface area (TPSA) is 102 Å². The van der Waals surface area contributed by atoms with Crippen LogP contribution in [0.15, 0.2) is 5.03 Å². The molecule has 0 aliphatic rings. The Kier molecular flexibility index (Phi) is 2.38. The minimum atomic E-state index is 0.206. The zero-order chi connectivity index (χ0) is 11.0. The number of anilines is 2. The largest absolute Gasteiger partial charge is 0.396 e. The Hall–Kier alpha value is -1.52. The lowest BCUT2D eigenvalue weighted by Gasteiger charge is -2.00. The standard InChI is InChI=1S/C8H7N5S2/c1-14-6-4-5(10)3(2-9)15-7(4)13-8(11)12-6/h10H2,1H3,(H2,11,12,13). The van der Waals surface area contributed by atoms with Crippen molar-refractivity contribution < 1.29 is 0 Å². The number of nitrogen functional groups attached to an aromatic ring is 2. The van der Waals surface area contributed by atoms with Crippen LogP contribution in [0.1, 0.15) is 4.88 Å². The molecule has 7 heteroatoms. The number of nitrogens with two attached hydrogens (primary N) is 2. The van der Waals surface area contributed by atoms with Crippen molar-refractivity contribution in [1.82, 2.24) is 9.97 Å². The Morgan fingerprint density at radius 1 is 1.40 bits per heavy atom. The fourth-order valence-electron chi connectivity index (χ4n) is 1.24. The third kappa shape index (κ3) is 1.48. The number of thioether (sulfide) groups is 1. The van der Waals surface area contributed by atoms with Gasteiger partial charge in [0.15, 0.2) is 0 Å². The van der Waals surface area contributed by atoms with Gasteiger partial charge in [-0.3, -0.25) is 0 Å². The second-order valence-electron chi connectivity index (χ2n) is 2.73. The van der Waals surface area contributed by atoms with E-state index in [1.807, 2.05) is 12.3 Å². The van der Waals surface area contributed by atoms with Crippen molar-refractivity contribution in [1.29, 1.82) is 5.26 Å². The highest BCUT2D eigenvalue weighted by atomic mass is 32.2. The Balaban J connectivity index is 2.89. The Morgan fingerprint density at radius 2 is 2.13 bits per heavy atom. The van der Waals surface area contributed by atoms with E-state index in [4.69, 9.17) is 16.7 Å². The molecule has 0 fully saturated rings. The molecule has 0 saturated carbocycles. The fourth-order valence-corrected chi connectivity index (χ4v) is 2.80. The van der Waals surface area contributed by atoms with Crippen LogP contribution in [0.25, 0.3) is 10.2 Å². The predicted molar refractivity (Wildman–Crippen MR) is 62.7 cm³/mol. The van der Waals surface area contributed by atoms with Crippen molar-refractivity contribution in [2.75, 3.05) is 17.7 Å². The van der Waals surface area contributed by atoms with Gasteiger partial charge < -0.3 is 11.5 Å². The van der Waals surface area contributed by atoms with Gasteiger partial charge in [-0.15, -0.1) is 23.1 Å². The highest BCUT2D eigenvalue weighted by Gasteiger charge is 2.15. The van der Waals surface area contributed by atoms with E-state index in [0.29, 0.717) is 20.4 Å². The average Bonchev–Trinajstić information content (AvgIpc) is 2.54. The number of nitrogens with zero attached hydrogens (tertiary/aromatic N) is 3. The van der Waals surface area contributed by atoms with Gasteiger partial charge in [0, 0.05) is 0 Å². The molecular formula is C8H7N5S2. The summed E-state index contributed by atoms with van der Waals surface area (Å²) in [5.41, 5.74) is 11.8. The summed E-state index contributed by atoms with van der Waals surface area (Å²) in [7, 11) is 0. The van der Waals surface area contributed by atoms with Crippen molar-refractivity contribution in [3.05, 3.63) is 4.88 Å². The van der Waals surface area contributed by atoms with Crippen LogP contribution in [0.5, 0.6) is 0 Å². The normalized spacial score (nSPS) is 10.4. The van der Waals surface area contributed by atoms with Gasteiger partial charge in [-0.05, 0) is 6.26 Å². The molecule has 0 aliphatic heterocycles. The van der Waals surface area contributed by atoms with Crippen LogP contribution in [0.2, 0.25) is 0 Å². The smallest absolute Gasteiger partial charge is 0.222 e. The van der Waals surface area contributed by atoms with Crippen LogP contribution in [0, 0.1) is 11.3 Å². The zero-order valence-electron chi connectivity index (χ0n) is 7.81. The van der Waals surface area contributed by atoms with E-state index in [0.717, 1.165) is 5.39 Å². The van der Waals surface area contributed by atoms with Crippen LogP contribution in [-0.4, -0.2) is 16.2 Å². The fraction of sp³-hybridized carbons (Fsp3) is 0.125. The molecule has 0 unspecified atom stereocenters. The van der Waals surface area contributed by atoms with Crippen LogP contribution < -0.4 is 11.5 Å². The predicted octanol–water partition coefficient (Wildman–Crippen LogP) is 1.45. The molecule has 2 heterocycles. The summed E-state index contributed by atoms with van der Waals surface area (Å²) in [4.78, 5) is 9.26. The molecule has 0 bridgehead atoms. The van der Waals surface area contributed by atoms with Gasteiger partial charge >= 0.3 is 0 Å². The molecule has 0 radical (unpaired) electrons. The first kappa shape index (κ1) is 10.0. The highest BCUT2D eigenvalue weighted by Crippen LogP contribution is 2.36. The molecular weight excluding hydrogens is 230 g/mol. The van der Waals surface area contributed by atoms with Crippen LogP contribution >= 0.6 is 23.1 Å². The monoisotopic (exact) mass is 237 g/mol. The molecule has 0 aliphatic carbocycles. The van der Waals surface area contributed by atoms with Gasteiger partial charge in [0.1, 0.15) is 20.8 Å². The van der Waals surface area contributed by atoms with Gasteiger partial charge in [-0.1, -0.05) is 0 Å². The van der Waals surface area contributed by atoms with Gasteiger partial charge in [0.05, 0.1) is 11.1 Å². The molecule has 5 nitrogen and oxygen atoms in total. The van der Waals surface area contributed by atoms with E-state index in [-0.39, 0.29) is 5.95 Å². The summed E-state index contributed by atoms with van der Waals surface area (Å²) in [6, 6.07) is 2.03. The number of aromatic nitrogens is 2. The molecule has 0 atom stereocenters. The van der Waals surface area contributed by atoms with Crippen molar-refractivity contribution in [2.45, 2.75) is 5.03 Å². The molecule has 2 aromatic heterocycles. The molecule has 2 rings (SSSR count). The van der Waals surface area contributed by atoms with Crippen molar-refractivity contribution in [3.8, 4) is 6.07 Å². The first-order valence-corrected chi connectivity index (χ1v) is 6.01. The van der Waals surface area contributed by atoms with Crippen LogP contribution in [0.4, 0.5) is 11.6 Å². The maximum absolute atomic E-state index is 8.85. The molecule has 0 amide bonds. The summed E-state index contributed by atoms with van der Waals surface area (Å²) >= 11 is 2.67. The number of rotatable bonds is 1. The van der Waals surface area contributed by atoms with Crippen molar-refractivity contribution in [3.63, 3.8) is 0 Å². The summed E-state index contributed by atoms with van der Waals surface area (Å²) in [5, 5.41) is 10.3. The minimum absolute atomic E-state index is 0.206. The molecule has 15 heavy (non-hydrogen) atoms. The van der Waals surface area contributed by atoms with E-state index in [1.54, 1.807) is 0 Å². The maximum Gasteiger partial charge on any atom is 0.222 e. The lowest BCUT2D eigenvalue weighted by Crippen LogP contribution is -1.96. The van der Waals surface area contributed by atoms with Gasteiger partial charge in [-0.2, -0.15) is 5.26 Å². The quantitative estimate of drug-likeness (QED) is 0.575. The maximum atomic E-state index is 8.85. The van der Waals surface area contributed by atoms with E-state index in [9.17, 15) is 0 Å². The van der Waals surface area contributed by atoms with Crippen molar-refractivity contribution >= 4 is 45.0 Å². The van der Waals surface area contributed by atoms with Crippen molar-refractivity contribution in [2.24, 2.45) is 0 Å². The molecule has 76 valence electrons. The lowest BCUT2D eigenvalue weighted by molar-refractivity contribution is 1.13. The Bertz CT molecular complexity index is 568. The minimum Gasteiger partial charge on any atom is -0.396 e. The number of hydrogen-bond donors (Lipinski definition) is 2. The number of fused-ring (bicyclic) bond motifs is 1. The number of nitriles is 1. The SMILES string of the molecule is CSc1nc(N)nc2sc(C#N)c(N)c12. The molecule has 4 N–H and O–H groups in total. The average molecular weight is 237 g/mol. The molecule has 0 aromatic carbocycles. The molecule has 0 saturated heterocycles. The number of hydrogen-bond acceptors (Lipinski definition) is 7. The summed E-state index contributed by atoms with van der Waals surface area (Å²) < 4.78 is 0. The van der Waals surface area contributed by atoms with Crippen LogP contribution in [-0.2, 0) is 0 Å². The third-order valence-electron chi connectivity index (χ3n) is 1.87. The van der Waals surface area contributed by atoms with E-state index >= 15 is 0 Å². The van der Waals surface area contributed by atoms with E-state index in [2.05, 4.69) is 9.97 Å². The van der Waals surface area contributed by atoms with E-state index < -0.39 is 0 Å². The van der Waals surface area contributed by atoms with Crippen LogP contribution in [0.3, 0.4) is 0 Å². The third-order valence-corrected chi connectivity index (χ3v) is 3.55. The molecule has 2 aromatic rings. The molecule has 0 spiro atoms. The van der Waals surface area contributed by atoms with Gasteiger partial charge in [0.2, 0.25) is 5.95 Å². The summed E-state index contributed by atoms with van der Waals surface area (Å²) in [6.07, 6.45) is 1.88. The second kappa shape index (κ2) is 3.56. The first-order valence-electron chi connectivity index (χ1n) is 3.97.